The number of nitrogens with two attached hydrogens (primary N) is 2. The topological polar surface area (TPSA) is 629 Å². The third kappa shape index (κ3) is 35.7. The van der Waals surface area contributed by atoms with Crippen LogP contribution in [-0.4, -0.2) is 244 Å². The number of hydrogen-bond acceptors (Lipinski definition) is 29. The minimum atomic E-state index is -1.85. The number of likely N-dealkylation sites (tertiary alicyclic amines) is 1. The molecule has 0 bridgehead atoms. The van der Waals surface area contributed by atoms with Crippen molar-refractivity contribution in [2.75, 3.05) is 63.4 Å². The summed E-state index contributed by atoms with van der Waals surface area (Å²) in [6.07, 6.45) is 2.41. The van der Waals surface area contributed by atoms with Crippen molar-refractivity contribution in [2.45, 2.75) is 231 Å². The van der Waals surface area contributed by atoms with Gasteiger partial charge in [0, 0.05) is 83.5 Å². The number of aromatic nitrogens is 5. The highest BCUT2D eigenvalue weighted by molar-refractivity contribution is 8.77. The number of ether oxygens (including phenoxy) is 2. The number of aromatic amines is 1. The molecule has 11 amide bonds. The Balaban J connectivity index is 0.945. The standard InChI is InChI=1S/C83H122N22O20S3/c1-12-18-65(112)125-44-105(79(122)66(46(5)13-2)99-76(120)60-20-14-15-32-104(60)11)61(45(3)4)36-48(7)78-98-59(42-126-78)75(119)94-53(37-50-22-28-55(106)29-23-50)35-47(6)69(113)102-103-82(123)124-33-34-127-128-83(9,10)43-91-70(114)49(8)92-73(117)58(39-64(110)111)97-72(116)56(19-16-31-88-80(84)85)96-74(118)57(38-63(108)109)95-62(107)21-17-30-87-71(115)51-24-26-52(27-25-51)89-40-54-41-90-68-67(93-54)77(121)101-81(86)100-68/h22-29,41-42,45-49,53,56-58,60-61,66,89,106H,12-21,30-40,43-44H2,1-11H3,(H,87,115)(H,91,114)(H,92,117)(H,94,119)(H,95,107)(H,96,118)(H,97,116)(H,99,120)(H,102,113)(H,103,123)(H,108,109)(H,110,111)(H4,84,85,88)(H3,86,90,100,101,121)/t46?,47-,48+,49+,53+,56+,57+,58+,60+,61+,66-/m0/s1. The van der Waals surface area contributed by atoms with Crippen LogP contribution in [0.25, 0.3) is 11.2 Å². The molecule has 1 aliphatic rings. The van der Waals surface area contributed by atoms with E-state index in [0.29, 0.717) is 42.1 Å². The smallest absolute Gasteiger partial charge is 0.426 e. The zero-order valence-corrected chi connectivity index (χ0v) is 76.3. The number of fused-ring (bicyclic) bond motifs is 1. The zero-order valence-electron chi connectivity index (χ0n) is 73.8. The number of hydrazine groups is 1. The molecule has 1 fully saturated rings. The molecule has 128 heavy (non-hydrogen) atoms. The molecule has 0 radical (unpaired) electrons. The average Bonchev–Trinajstić information content (AvgIpc) is 1.08. The Morgan fingerprint density at radius 2 is 1.41 bits per heavy atom. The lowest BCUT2D eigenvalue weighted by Gasteiger charge is -2.39. The van der Waals surface area contributed by atoms with Gasteiger partial charge in [0.25, 0.3) is 17.4 Å². The molecule has 5 aromatic rings. The van der Waals surface area contributed by atoms with E-state index >= 15 is 0 Å². The number of nitrogen functional groups attached to an aromatic ring is 1. The number of aromatic hydroxyl groups is 1. The number of anilines is 2. The van der Waals surface area contributed by atoms with E-state index in [-0.39, 0.29) is 160 Å². The number of thiazole rings is 1. The lowest BCUT2D eigenvalue weighted by atomic mass is 9.90. The lowest BCUT2D eigenvalue weighted by Crippen LogP contribution is -2.59. The number of guanidine groups is 1. The zero-order chi connectivity index (χ0) is 94.5. The number of phenolic OH excluding ortho intramolecular Hbond substituents is 1. The molecule has 42 nitrogen and oxygen atoms in total. The van der Waals surface area contributed by atoms with Crippen LogP contribution in [0.5, 0.6) is 5.75 Å². The van der Waals surface area contributed by atoms with Crippen molar-refractivity contribution in [3.8, 4) is 5.75 Å². The number of rotatable bonds is 52. The first-order chi connectivity index (χ1) is 60.6. The SMILES string of the molecule is CCCC(=O)OCN(C(=O)[C@@H](NC(=O)[C@H]1CCCCN1C)C(C)CC)[C@H](C[C@@H](C)c1nc(C(=O)N[C@@H](Cc2ccc(O)cc2)C[C@H](C)C(=O)NNC(=O)OCCSSC(C)(C)CNC(=O)[C@@H](C)NC(=O)[C@@H](CC(=O)O)NC(=O)[C@@H](CCCNC(=N)N)NC(=O)[C@@H](CC(=O)O)NC(=O)CCCNC(=O)c2ccc(NCc3cnc4nc(N)[nH]c(=O)c4n3)cc2)cs1)C(C)C. The van der Waals surface area contributed by atoms with Crippen molar-refractivity contribution in [1.29, 1.82) is 5.41 Å². The van der Waals surface area contributed by atoms with Gasteiger partial charge in [0.2, 0.25) is 53.2 Å². The first kappa shape index (κ1) is 105. The van der Waals surface area contributed by atoms with Crippen molar-refractivity contribution < 1.29 is 91.9 Å². The van der Waals surface area contributed by atoms with Crippen molar-refractivity contribution >= 4 is 145 Å². The normalized spacial score (nSPS) is 15.0. The van der Waals surface area contributed by atoms with E-state index in [1.807, 2.05) is 53.5 Å². The van der Waals surface area contributed by atoms with Gasteiger partial charge in [0.15, 0.2) is 23.9 Å². The molecule has 1 aliphatic heterocycles. The second-order valence-corrected chi connectivity index (χ2v) is 36.3. The number of benzene rings is 2. The van der Waals surface area contributed by atoms with E-state index < -0.39 is 149 Å². The number of esters is 1. The largest absolute Gasteiger partial charge is 0.508 e. The number of phenols is 1. The molecule has 0 aliphatic carbocycles. The summed E-state index contributed by atoms with van der Waals surface area (Å²) in [5.74, 6) is -12.5. The molecule has 11 atom stereocenters. The molecular weight excluding hydrogens is 1720 g/mol. The van der Waals surface area contributed by atoms with Crippen molar-refractivity contribution in [3.05, 3.63) is 98.0 Å². The average molecular weight is 1840 g/mol. The van der Waals surface area contributed by atoms with Gasteiger partial charge < -0.3 is 94.3 Å². The first-order valence-electron chi connectivity index (χ1n) is 42.3. The molecule has 45 heteroatoms. The number of H-pyrrole nitrogens is 1. The molecule has 0 saturated carbocycles. The van der Waals surface area contributed by atoms with E-state index in [4.69, 9.17) is 31.3 Å². The lowest BCUT2D eigenvalue weighted by molar-refractivity contribution is -0.159. The highest BCUT2D eigenvalue weighted by Crippen LogP contribution is 2.35. The Morgan fingerprint density at radius 3 is 2.07 bits per heavy atom. The monoisotopic (exact) mass is 1840 g/mol. The Kier molecular flexibility index (Phi) is 42.8. The Morgan fingerprint density at radius 1 is 0.750 bits per heavy atom. The maximum Gasteiger partial charge on any atom is 0.426 e. The number of nitrogens with zero attached hydrogens (tertiary/aromatic N) is 6. The summed E-state index contributed by atoms with van der Waals surface area (Å²) >= 11 is 1.26. The highest BCUT2D eigenvalue weighted by atomic mass is 33.1. The van der Waals surface area contributed by atoms with Crippen LogP contribution in [0.3, 0.4) is 0 Å². The number of likely N-dealkylation sites (N-methyl/N-ethyl adjacent to an activating group) is 1. The van der Waals surface area contributed by atoms with Gasteiger partial charge in [-0.25, -0.2) is 25.2 Å². The number of piperidine rings is 1. The van der Waals surface area contributed by atoms with Crippen LogP contribution in [0.2, 0.25) is 0 Å². The van der Waals surface area contributed by atoms with E-state index in [1.165, 1.54) is 70.3 Å². The van der Waals surface area contributed by atoms with Gasteiger partial charge in [-0.15, -0.1) is 11.3 Å². The molecule has 2 aromatic carbocycles. The fraction of sp³-hybridized carbons (Fsp3) is 0.566. The maximum atomic E-state index is 14.9. The summed E-state index contributed by atoms with van der Waals surface area (Å²) in [6.45, 7) is 18.5. The Labute approximate surface area is 753 Å². The van der Waals surface area contributed by atoms with Crippen LogP contribution in [-0.2, 0) is 75.2 Å². The minimum Gasteiger partial charge on any atom is -0.508 e. The fourth-order valence-corrected chi connectivity index (χ4v) is 16.6. The second-order valence-electron chi connectivity index (χ2n) is 32.3. The molecule has 3 aromatic heterocycles. The number of hydrogen-bond donors (Lipinski definition) is 19. The summed E-state index contributed by atoms with van der Waals surface area (Å²) in [4.78, 5) is 223. The third-order valence-electron chi connectivity index (χ3n) is 20.8. The van der Waals surface area contributed by atoms with Gasteiger partial charge in [-0.2, -0.15) is 4.98 Å². The van der Waals surface area contributed by atoms with E-state index in [2.05, 4.69) is 84.0 Å². The van der Waals surface area contributed by atoms with Gasteiger partial charge in [-0.05, 0) is 146 Å². The Bertz CT molecular complexity index is 4700. The summed E-state index contributed by atoms with van der Waals surface area (Å²) in [5, 5.41) is 65.9. The maximum absolute atomic E-state index is 14.9. The van der Waals surface area contributed by atoms with Crippen LogP contribution in [0.4, 0.5) is 16.4 Å². The van der Waals surface area contributed by atoms with E-state index in [0.717, 1.165) is 24.9 Å². The number of carboxylic acids is 2. The molecular formula is C83H122N22O20S3. The second kappa shape index (κ2) is 52.3. The predicted molar refractivity (Wildman–Crippen MR) is 480 cm³/mol. The number of carbonyl (C=O) groups excluding carboxylic acids is 12. The predicted octanol–water partition coefficient (Wildman–Crippen LogP) is 3.52. The third-order valence-corrected chi connectivity index (χ3v) is 25.1. The number of nitrogens with one attached hydrogen (secondary N) is 14. The fourth-order valence-electron chi connectivity index (χ4n) is 13.4. The number of carbonyl (C=O) groups is 14. The van der Waals surface area contributed by atoms with Gasteiger partial charge in [-0.3, -0.25) is 87.8 Å². The van der Waals surface area contributed by atoms with Gasteiger partial charge in [0.1, 0.15) is 48.3 Å². The molecule has 6 rings (SSSR count). The molecule has 1 saturated heterocycles. The van der Waals surface area contributed by atoms with Gasteiger partial charge in [-0.1, -0.05) is 95.0 Å². The van der Waals surface area contributed by atoms with Crippen molar-refractivity contribution in [1.82, 2.24) is 93.4 Å². The summed E-state index contributed by atoms with van der Waals surface area (Å²) in [6, 6.07) is 3.63. The quantitative estimate of drug-likeness (QED) is 0.00503. The van der Waals surface area contributed by atoms with Crippen LogP contribution in [0, 0.1) is 23.2 Å². The van der Waals surface area contributed by atoms with Gasteiger partial charge >= 0.3 is 24.0 Å². The number of carboxylic acid groups (broad SMARTS) is 2. The van der Waals surface area contributed by atoms with Crippen LogP contribution in [0.1, 0.15) is 202 Å². The van der Waals surface area contributed by atoms with Crippen molar-refractivity contribution in [2.24, 2.45) is 23.5 Å². The van der Waals surface area contributed by atoms with Gasteiger partial charge in [0.05, 0.1) is 42.3 Å². The van der Waals surface area contributed by atoms with Crippen LogP contribution in [0.15, 0.2) is 64.9 Å². The molecule has 0 spiro atoms. The molecule has 702 valence electrons. The minimum absolute atomic E-state index is 0.00517. The van der Waals surface area contributed by atoms with E-state index in [1.54, 1.807) is 55.3 Å². The molecule has 1 unspecified atom stereocenters. The number of amides is 11. The summed E-state index contributed by atoms with van der Waals surface area (Å²) in [5.41, 5.74) is 17.2. The van der Waals surface area contributed by atoms with Crippen LogP contribution < -0.4 is 81.0 Å². The molecule has 21 N–H and O–H groups in total. The van der Waals surface area contributed by atoms with Crippen molar-refractivity contribution in [3.63, 3.8) is 0 Å². The molecule has 4 heterocycles. The number of aliphatic carboxylic acids is 2. The van der Waals surface area contributed by atoms with Crippen LogP contribution >= 0.6 is 32.9 Å². The summed E-state index contributed by atoms with van der Waals surface area (Å²) < 4.78 is 10.3. The summed E-state index contributed by atoms with van der Waals surface area (Å²) in [7, 11) is 4.49. The van der Waals surface area contributed by atoms with E-state index in [9.17, 15) is 87.2 Å². The Hall–Kier alpha value is -12.0. The first-order valence-corrected chi connectivity index (χ1v) is 45.5. The highest BCUT2D eigenvalue weighted by Gasteiger charge is 2.40.